The van der Waals surface area contributed by atoms with E-state index < -0.39 is 0 Å². The molecule has 3 rings (SSSR count). The minimum absolute atomic E-state index is 0.00859. The van der Waals surface area contributed by atoms with Gasteiger partial charge in [0, 0.05) is 18.4 Å². The fourth-order valence-electron chi connectivity index (χ4n) is 3.06. The van der Waals surface area contributed by atoms with Gasteiger partial charge in [-0.15, -0.1) is 0 Å². The Morgan fingerprint density at radius 2 is 1.48 bits per heavy atom. The Morgan fingerprint density at radius 3 is 1.96 bits per heavy atom. The van der Waals surface area contributed by atoms with E-state index in [2.05, 4.69) is 53.7 Å². The van der Waals surface area contributed by atoms with Crippen molar-refractivity contribution < 1.29 is 4.79 Å². The number of nitrogens with zero attached hydrogens (tertiary/aromatic N) is 1. The molecule has 4 nitrogen and oxygen atoms in total. The minimum atomic E-state index is -0.0511. The lowest BCUT2D eigenvalue weighted by molar-refractivity contribution is -0.116. The Bertz CT molecular complexity index is 806. The van der Waals surface area contributed by atoms with Crippen LogP contribution in [0, 0.1) is 0 Å². The molecule has 0 fully saturated rings. The lowest BCUT2D eigenvalue weighted by atomic mass is 9.88. The molecule has 3 aromatic rings. The van der Waals surface area contributed by atoms with Crippen LogP contribution in [0.1, 0.15) is 37.3 Å². The molecule has 138 valence electrons. The molecule has 0 bridgehead atoms. The second-order valence-electron chi connectivity index (χ2n) is 6.86. The molecule has 0 saturated heterocycles. The summed E-state index contributed by atoms with van der Waals surface area (Å²) in [4.78, 5) is 17.0. The number of rotatable bonds is 7. The van der Waals surface area contributed by atoms with Crippen LogP contribution in [0.2, 0.25) is 0 Å². The van der Waals surface area contributed by atoms with Gasteiger partial charge < -0.3 is 10.6 Å². The molecule has 0 aliphatic carbocycles. The summed E-state index contributed by atoms with van der Waals surface area (Å²) < 4.78 is 0. The zero-order valence-corrected chi connectivity index (χ0v) is 15.7. The molecule has 2 aromatic carbocycles. The van der Waals surface area contributed by atoms with Crippen molar-refractivity contribution in [3.8, 4) is 0 Å². The fraction of sp³-hybridized carbons (Fsp3) is 0.217. The molecule has 1 aromatic heterocycles. The van der Waals surface area contributed by atoms with Crippen molar-refractivity contribution in [3.05, 3.63) is 90.1 Å². The van der Waals surface area contributed by atoms with Crippen LogP contribution in [0.25, 0.3) is 0 Å². The molecule has 2 N–H and O–H groups in total. The van der Waals surface area contributed by atoms with Gasteiger partial charge in [-0.25, -0.2) is 4.98 Å². The third kappa shape index (κ3) is 5.42. The highest BCUT2D eigenvalue weighted by Gasteiger charge is 2.18. The predicted molar refractivity (Wildman–Crippen MR) is 111 cm³/mol. The first kappa shape index (κ1) is 18.6. The van der Waals surface area contributed by atoms with Crippen LogP contribution >= 0.6 is 0 Å². The summed E-state index contributed by atoms with van der Waals surface area (Å²) in [5.41, 5.74) is 3.20. The topological polar surface area (TPSA) is 54.0 Å². The van der Waals surface area contributed by atoms with E-state index in [-0.39, 0.29) is 11.8 Å². The van der Waals surface area contributed by atoms with E-state index >= 15 is 0 Å². The molecular weight excluding hydrogens is 334 g/mol. The number of nitrogens with one attached hydrogen (secondary N) is 2. The molecule has 1 amide bonds. The summed E-state index contributed by atoms with van der Waals surface area (Å²) in [6.45, 7) is 4.14. The molecular formula is C23H25N3O. The number of hydrogen-bond acceptors (Lipinski definition) is 3. The van der Waals surface area contributed by atoms with Gasteiger partial charge in [-0.2, -0.15) is 0 Å². The third-order valence-corrected chi connectivity index (χ3v) is 4.28. The Hall–Kier alpha value is -3.14. The highest BCUT2D eigenvalue weighted by Crippen LogP contribution is 2.28. The smallest absolute Gasteiger partial charge is 0.226 e. The average molecular weight is 359 g/mol. The molecule has 0 unspecified atom stereocenters. The highest BCUT2D eigenvalue weighted by molar-refractivity contribution is 5.90. The van der Waals surface area contributed by atoms with Crippen LogP contribution in [-0.2, 0) is 4.79 Å². The van der Waals surface area contributed by atoms with E-state index in [0.717, 1.165) is 16.8 Å². The number of carbonyl (C=O) groups is 1. The average Bonchev–Trinajstić information content (AvgIpc) is 2.69. The molecule has 4 heteroatoms. The summed E-state index contributed by atoms with van der Waals surface area (Å²) in [5.74, 6) is 0.522. The number of pyridine rings is 1. The van der Waals surface area contributed by atoms with E-state index in [4.69, 9.17) is 0 Å². The number of benzene rings is 2. The maximum atomic E-state index is 12.7. The number of amides is 1. The highest BCUT2D eigenvalue weighted by atomic mass is 16.1. The molecule has 0 atom stereocenters. The zero-order chi connectivity index (χ0) is 19.1. The lowest BCUT2D eigenvalue weighted by Crippen LogP contribution is -2.17. The standard InChI is InChI=1S/C23H25N3O/c1-17(2)25-20-13-14-22(24-16-20)26-23(27)15-21(18-9-5-3-6-10-18)19-11-7-4-8-12-19/h3-14,16-17,21,25H,15H2,1-2H3,(H,24,26,27). The van der Waals surface area contributed by atoms with Crippen LogP contribution in [0.15, 0.2) is 79.0 Å². The summed E-state index contributed by atoms with van der Waals surface area (Å²) >= 11 is 0. The van der Waals surface area contributed by atoms with Crippen LogP contribution in [0.4, 0.5) is 11.5 Å². The number of carbonyl (C=O) groups excluding carboxylic acids is 1. The molecule has 1 heterocycles. The van der Waals surface area contributed by atoms with Crippen molar-refractivity contribution in [3.63, 3.8) is 0 Å². The molecule has 0 aliphatic heterocycles. The number of hydrogen-bond donors (Lipinski definition) is 2. The van der Waals surface area contributed by atoms with Crippen molar-refractivity contribution in [2.45, 2.75) is 32.2 Å². The Labute approximate surface area is 160 Å². The van der Waals surface area contributed by atoms with Gasteiger partial charge in [0.1, 0.15) is 5.82 Å². The van der Waals surface area contributed by atoms with E-state index in [1.807, 2.05) is 48.5 Å². The van der Waals surface area contributed by atoms with Crippen LogP contribution in [0.3, 0.4) is 0 Å². The van der Waals surface area contributed by atoms with Crippen LogP contribution in [0.5, 0.6) is 0 Å². The summed E-state index contributed by atoms with van der Waals surface area (Å²) in [7, 11) is 0. The van der Waals surface area contributed by atoms with E-state index in [0.29, 0.717) is 18.3 Å². The lowest BCUT2D eigenvalue weighted by Gasteiger charge is -2.18. The molecule has 0 radical (unpaired) electrons. The first-order valence-corrected chi connectivity index (χ1v) is 9.24. The maximum absolute atomic E-state index is 12.7. The molecule has 0 spiro atoms. The predicted octanol–water partition coefficient (Wildman–Crippen LogP) is 5.06. The first-order valence-electron chi connectivity index (χ1n) is 9.24. The van der Waals surface area contributed by atoms with E-state index in [1.54, 1.807) is 6.20 Å². The van der Waals surface area contributed by atoms with Crippen molar-refractivity contribution >= 4 is 17.4 Å². The van der Waals surface area contributed by atoms with E-state index in [9.17, 15) is 4.79 Å². The van der Waals surface area contributed by atoms with Crippen LogP contribution < -0.4 is 10.6 Å². The summed E-state index contributed by atoms with van der Waals surface area (Å²) in [5, 5.41) is 6.20. The van der Waals surface area contributed by atoms with Gasteiger partial charge in [-0.3, -0.25) is 4.79 Å². The van der Waals surface area contributed by atoms with Crippen molar-refractivity contribution in [1.82, 2.24) is 4.98 Å². The fourth-order valence-corrected chi connectivity index (χ4v) is 3.06. The SMILES string of the molecule is CC(C)Nc1ccc(NC(=O)CC(c2ccccc2)c2ccccc2)nc1. The van der Waals surface area contributed by atoms with Gasteiger partial charge in [0.25, 0.3) is 0 Å². The third-order valence-electron chi connectivity index (χ3n) is 4.28. The molecule has 0 aliphatic rings. The number of anilines is 2. The van der Waals surface area contributed by atoms with Crippen molar-refractivity contribution in [2.75, 3.05) is 10.6 Å². The van der Waals surface area contributed by atoms with E-state index in [1.165, 1.54) is 0 Å². The monoisotopic (exact) mass is 359 g/mol. The second kappa shape index (κ2) is 8.99. The summed E-state index contributed by atoms with van der Waals surface area (Å²) in [6.07, 6.45) is 2.10. The van der Waals surface area contributed by atoms with Gasteiger partial charge in [0.15, 0.2) is 0 Å². The van der Waals surface area contributed by atoms with Gasteiger partial charge in [0.05, 0.1) is 11.9 Å². The molecule has 0 saturated carbocycles. The number of aromatic nitrogens is 1. The zero-order valence-electron chi connectivity index (χ0n) is 15.7. The molecule has 27 heavy (non-hydrogen) atoms. The van der Waals surface area contributed by atoms with Crippen molar-refractivity contribution in [1.29, 1.82) is 0 Å². The Kier molecular flexibility index (Phi) is 6.21. The first-order chi connectivity index (χ1) is 13.1. The van der Waals surface area contributed by atoms with Gasteiger partial charge in [0.2, 0.25) is 5.91 Å². The van der Waals surface area contributed by atoms with Crippen molar-refractivity contribution in [2.24, 2.45) is 0 Å². The minimum Gasteiger partial charge on any atom is -0.382 e. The Morgan fingerprint density at radius 1 is 0.889 bits per heavy atom. The van der Waals surface area contributed by atoms with Gasteiger partial charge >= 0.3 is 0 Å². The maximum Gasteiger partial charge on any atom is 0.226 e. The van der Waals surface area contributed by atoms with Gasteiger partial charge in [-0.05, 0) is 37.1 Å². The normalized spacial score (nSPS) is 10.8. The Balaban J connectivity index is 1.71. The quantitative estimate of drug-likeness (QED) is 0.620. The van der Waals surface area contributed by atoms with Gasteiger partial charge in [-0.1, -0.05) is 60.7 Å². The van der Waals surface area contributed by atoms with Crippen LogP contribution in [-0.4, -0.2) is 16.9 Å². The second-order valence-corrected chi connectivity index (χ2v) is 6.86. The largest absolute Gasteiger partial charge is 0.382 e. The summed E-state index contributed by atoms with van der Waals surface area (Å²) in [6, 6.07) is 24.3.